The normalized spacial score (nSPS) is 32.5. The van der Waals surface area contributed by atoms with E-state index >= 15 is 0 Å². The van der Waals surface area contributed by atoms with Crippen molar-refractivity contribution >= 4 is 10.8 Å². The second-order valence-electron chi connectivity index (χ2n) is 4.77. The quantitative estimate of drug-likeness (QED) is 0.779. The Balaban J connectivity index is 2.25. The maximum atomic E-state index is 11.2. The van der Waals surface area contributed by atoms with Crippen molar-refractivity contribution in [2.24, 2.45) is 0 Å². The van der Waals surface area contributed by atoms with Crippen LogP contribution in [-0.2, 0) is 10.8 Å². The van der Waals surface area contributed by atoms with E-state index in [2.05, 4.69) is 24.2 Å². The molecule has 0 radical (unpaired) electrons. The van der Waals surface area contributed by atoms with Gasteiger partial charge in [-0.25, -0.2) is 0 Å². The molecule has 1 rings (SSSR count). The predicted octanol–water partition coefficient (Wildman–Crippen LogP) is 0.826. The zero-order chi connectivity index (χ0) is 11.4. The van der Waals surface area contributed by atoms with Gasteiger partial charge in [0.05, 0.1) is 0 Å². The lowest BCUT2D eigenvalue weighted by atomic mass is 9.99. The molecule has 1 aliphatic rings. The van der Waals surface area contributed by atoms with Crippen molar-refractivity contribution in [2.45, 2.75) is 44.0 Å². The monoisotopic (exact) mass is 232 g/mol. The van der Waals surface area contributed by atoms with E-state index in [1.165, 1.54) is 19.4 Å². The first-order valence-corrected chi connectivity index (χ1v) is 7.38. The third kappa shape index (κ3) is 4.21. The highest BCUT2D eigenvalue weighted by atomic mass is 32.2. The van der Waals surface area contributed by atoms with Crippen molar-refractivity contribution in [2.75, 3.05) is 26.4 Å². The summed E-state index contributed by atoms with van der Waals surface area (Å²) < 4.78 is 11.2. The van der Waals surface area contributed by atoms with Gasteiger partial charge in [-0.3, -0.25) is 4.21 Å². The largest absolute Gasteiger partial charge is 0.313 e. The van der Waals surface area contributed by atoms with E-state index in [1.807, 2.05) is 6.92 Å². The fraction of sp³-hybridized carbons (Fsp3) is 1.00. The van der Waals surface area contributed by atoms with Gasteiger partial charge in [0.15, 0.2) is 0 Å². The first kappa shape index (κ1) is 13.1. The SMILES string of the molecule is CC1CC(NCC(C)S(C)=O)CCN1C. The van der Waals surface area contributed by atoms with Crippen LogP contribution in [0.15, 0.2) is 0 Å². The maximum absolute atomic E-state index is 11.2. The van der Waals surface area contributed by atoms with Gasteiger partial charge in [0.2, 0.25) is 0 Å². The smallest absolute Gasteiger partial charge is 0.0441 e. The van der Waals surface area contributed by atoms with Crippen molar-refractivity contribution in [3.8, 4) is 0 Å². The minimum Gasteiger partial charge on any atom is -0.313 e. The molecule has 4 unspecified atom stereocenters. The van der Waals surface area contributed by atoms with Gasteiger partial charge in [-0.1, -0.05) is 0 Å². The Bertz CT molecular complexity index is 223. The molecule has 0 aromatic heterocycles. The lowest BCUT2D eigenvalue weighted by Crippen LogP contribution is -2.47. The zero-order valence-electron chi connectivity index (χ0n) is 10.3. The summed E-state index contributed by atoms with van der Waals surface area (Å²) in [5.74, 6) is 0. The number of nitrogens with one attached hydrogen (secondary N) is 1. The summed E-state index contributed by atoms with van der Waals surface area (Å²) in [6.07, 6.45) is 4.20. The summed E-state index contributed by atoms with van der Waals surface area (Å²) in [5.41, 5.74) is 0. The molecule has 15 heavy (non-hydrogen) atoms. The second-order valence-corrected chi connectivity index (χ2v) is 6.57. The van der Waals surface area contributed by atoms with Crippen molar-refractivity contribution in [3.05, 3.63) is 0 Å². The van der Waals surface area contributed by atoms with E-state index < -0.39 is 10.8 Å². The van der Waals surface area contributed by atoms with Crippen LogP contribution in [0.1, 0.15) is 26.7 Å². The van der Waals surface area contributed by atoms with E-state index in [-0.39, 0.29) is 5.25 Å². The molecule has 0 spiro atoms. The molecule has 0 amide bonds. The highest BCUT2D eigenvalue weighted by Gasteiger charge is 2.22. The van der Waals surface area contributed by atoms with Gasteiger partial charge in [-0.05, 0) is 40.3 Å². The lowest BCUT2D eigenvalue weighted by Gasteiger charge is -2.35. The van der Waals surface area contributed by atoms with Gasteiger partial charge in [-0.15, -0.1) is 0 Å². The highest BCUT2D eigenvalue weighted by Crippen LogP contribution is 2.15. The van der Waals surface area contributed by atoms with Crippen molar-refractivity contribution in [3.63, 3.8) is 0 Å². The molecule has 0 aliphatic carbocycles. The standard InChI is InChI=1S/C11H24N2OS/c1-9-7-11(5-6-13(9)3)12-8-10(2)15(4)14/h9-12H,5-8H2,1-4H3. The van der Waals surface area contributed by atoms with Crippen LogP contribution in [0.4, 0.5) is 0 Å². The fourth-order valence-electron chi connectivity index (χ4n) is 1.92. The number of rotatable bonds is 4. The molecular weight excluding hydrogens is 208 g/mol. The van der Waals surface area contributed by atoms with Crippen LogP contribution < -0.4 is 5.32 Å². The summed E-state index contributed by atoms with van der Waals surface area (Å²) in [4.78, 5) is 2.40. The Hall–Kier alpha value is 0.0700. The number of likely N-dealkylation sites (tertiary alicyclic amines) is 1. The van der Waals surface area contributed by atoms with Crippen LogP contribution in [-0.4, -0.2) is 52.8 Å². The Kier molecular flexibility index (Phi) is 5.23. The predicted molar refractivity (Wildman–Crippen MR) is 66.6 cm³/mol. The molecule has 4 atom stereocenters. The topological polar surface area (TPSA) is 32.3 Å². The van der Waals surface area contributed by atoms with Crippen LogP contribution in [0.2, 0.25) is 0 Å². The number of piperidine rings is 1. The molecule has 0 aromatic carbocycles. The Morgan fingerprint density at radius 1 is 1.60 bits per heavy atom. The summed E-state index contributed by atoms with van der Waals surface area (Å²) in [7, 11) is 1.48. The highest BCUT2D eigenvalue weighted by molar-refractivity contribution is 7.84. The Morgan fingerprint density at radius 2 is 2.27 bits per heavy atom. The zero-order valence-corrected chi connectivity index (χ0v) is 11.1. The molecule has 0 aromatic rings. The van der Waals surface area contributed by atoms with Crippen molar-refractivity contribution < 1.29 is 4.21 Å². The average molecular weight is 232 g/mol. The molecule has 0 bridgehead atoms. The first-order chi connectivity index (χ1) is 7.00. The number of nitrogens with zero attached hydrogens (tertiary/aromatic N) is 1. The van der Waals surface area contributed by atoms with E-state index in [9.17, 15) is 4.21 Å². The fourth-order valence-corrected chi connectivity index (χ4v) is 2.26. The molecule has 3 nitrogen and oxygen atoms in total. The van der Waals surface area contributed by atoms with E-state index in [1.54, 1.807) is 6.26 Å². The molecule has 90 valence electrons. The average Bonchev–Trinajstić information content (AvgIpc) is 2.19. The number of hydrogen-bond donors (Lipinski definition) is 1. The Labute approximate surface area is 96.1 Å². The third-order valence-corrected chi connectivity index (χ3v) is 4.77. The van der Waals surface area contributed by atoms with E-state index in [4.69, 9.17) is 0 Å². The summed E-state index contributed by atoms with van der Waals surface area (Å²) >= 11 is 0. The van der Waals surface area contributed by atoms with E-state index in [0.29, 0.717) is 12.1 Å². The maximum Gasteiger partial charge on any atom is 0.0441 e. The summed E-state index contributed by atoms with van der Waals surface area (Å²) in [6, 6.07) is 1.28. The second kappa shape index (κ2) is 5.97. The minimum absolute atomic E-state index is 0.264. The minimum atomic E-state index is -0.703. The third-order valence-electron chi connectivity index (χ3n) is 3.47. The number of hydrogen-bond acceptors (Lipinski definition) is 3. The molecule has 4 heteroatoms. The molecular formula is C11H24N2OS. The lowest BCUT2D eigenvalue weighted by molar-refractivity contribution is 0.169. The van der Waals surface area contributed by atoms with Crippen LogP contribution in [0.5, 0.6) is 0 Å². The summed E-state index contributed by atoms with van der Waals surface area (Å²) in [5, 5.41) is 3.80. The van der Waals surface area contributed by atoms with Crippen LogP contribution in [0.3, 0.4) is 0 Å². The van der Waals surface area contributed by atoms with Gasteiger partial charge in [0.25, 0.3) is 0 Å². The van der Waals surface area contributed by atoms with Gasteiger partial charge in [-0.2, -0.15) is 0 Å². The molecule has 1 aliphatic heterocycles. The Morgan fingerprint density at radius 3 is 2.80 bits per heavy atom. The molecule has 0 saturated carbocycles. The van der Waals surface area contributed by atoms with Crippen molar-refractivity contribution in [1.82, 2.24) is 10.2 Å². The molecule has 1 fully saturated rings. The first-order valence-electron chi connectivity index (χ1n) is 5.76. The summed E-state index contributed by atoms with van der Waals surface area (Å²) in [6.45, 7) is 6.36. The van der Waals surface area contributed by atoms with Gasteiger partial charge in [0, 0.05) is 40.9 Å². The van der Waals surface area contributed by atoms with Crippen molar-refractivity contribution in [1.29, 1.82) is 0 Å². The van der Waals surface area contributed by atoms with E-state index in [0.717, 1.165) is 6.54 Å². The van der Waals surface area contributed by atoms with Crippen LogP contribution >= 0.6 is 0 Å². The molecule has 1 saturated heterocycles. The van der Waals surface area contributed by atoms with Crippen LogP contribution in [0, 0.1) is 0 Å². The van der Waals surface area contributed by atoms with Crippen LogP contribution in [0.25, 0.3) is 0 Å². The van der Waals surface area contributed by atoms with Gasteiger partial charge < -0.3 is 10.2 Å². The molecule has 1 heterocycles. The van der Waals surface area contributed by atoms with Gasteiger partial charge >= 0.3 is 0 Å². The molecule has 1 N–H and O–H groups in total. The van der Waals surface area contributed by atoms with Gasteiger partial charge in [0.1, 0.15) is 0 Å².